The van der Waals surface area contributed by atoms with E-state index < -0.39 is 11.9 Å². The van der Waals surface area contributed by atoms with Gasteiger partial charge < -0.3 is 0 Å². The van der Waals surface area contributed by atoms with E-state index in [0.717, 1.165) is 15.6 Å². The van der Waals surface area contributed by atoms with Crippen LogP contribution in [0.4, 0.5) is 13.2 Å². The molecule has 0 spiro atoms. The molecule has 1 aromatic heterocycles. The summed E-state index contributed by atoms with van der Waals surface area (Å²) in [6.07, 6.45) is -4.55. The molecule has 1 aromatic carbocycles. The molecule has 0 aliphatic heterocycles. The van der Waals surface area contributed by atoms with Gasteiger partial charge in [-0.2, -0.15) is 18.3 Å². The number of rotatable bonds is 5. The highest BCUT2D eigenvalue weighted by atomic mass is 32.2. The van der Waals surface area contributed by atoms with Crippen LogP contribution in [0.1, 0.15) is 36.1 Å². The van der Waals surface area contributed by atoms with Gasteiger partial charge in [0.05, 0.1) is 5.75 Å². The zero-order valence-electron chi connectivity index (χ0n) is 12.1. The maximum atomic E-state index is 12.8. The van der Waals surface area contributed by atoms with Crippen LogP contribution in [0.15, 0.2) is 41.3 Å². The first kappa shape index (κ1) is 16.6. The fourth-order valence-corrected chi connectivity index (χ4v) is 2.67. The molecule has 0 radical (unpaired) electrons. The molecule has 2 rings (SSSR count). The Bertz CT molecular complexity index is 651. The van der Waals surface area contributed by atoms with Gasteiger partial charge in [0, 0.05) is 10.9 Å². The molecule has 0 bridgehead atoms. The average molecular weight is 328 g/mol. The number of thioether (sulfide) groups is 1. The largest absolute Gasteiger partial charge is 0.435 e. The van der Waals surface area contributed by atoms with E-state index in [9.17, 15) is 18.0 Å². The van der Waals surface area contributed by atoms with Gasteiger partial charge in [-0.05, 0) is 32.0 Å². The Morgan fingerprint density at radius 1 is 1.27 bits per heavy atom. The highest BCUT2D eigenvalue weighted by Gasteiger charge is 2.36. The predicted octanol–water partition coefficient (Wildman–Crippen LogP) is 4.46. The van der Waals surface area contributed by atoms with E-state index in [1.165, 1.54) is 11.8 Å². The van der Waals surface area contributed by atoms with Gasteiger partial charge in [-0.25, -0.2) is 0 Å². The van der Waals surface area contributed by atoms with Crippen molar-refractivity contribution in [3.05, 3.63) is 47.8 Å². The van der Waals surface area contributed by atoms with E-state index >= 15 is 0 Å². The highest BCUT2D eigenvalue weighted by molar-refractivity contribution is 8.00. The molecule has 0 fully saturated rings. The molecule has 7 heteroatoms. The number of alkyl halides is 3. The summed E-state index contributed by atoms with van der Waals surface area (Å²) in [7, 11) is 0. The van der Waals surface area contributed by atoms with Crippen molar-refractivity contribution in [3.8, 4) is 0 Å². The first-order valence-corrected chi connectivity index (χ1v) is 7.65. The van der Waals surface area contributed by atoms with Crippen molar-refractivity contribution in [2.24, 2.45) is 0 Å². The Hall–Kier alpha value is -1.76. The number of nitrogens with zero attached hydrogens (tertiary/aromatic N) is 2. The molecular weight excluding hydrogens is 313 g/mol. The van der Waals surface area contributed by atoms with Crippen molar-refractivity contribution in [1.82, 2.24) is 9.78 Å². The Morgan fingerprint density at radius 3 is 2.45 bits per heavy atom. The first-order valence-electron chi connectivity index (χ1n) is 6.67. The number of Topliss-reactive ketones (excluding diaryl/α,β-unsaturated/α-hetero) is 1. The lowest BCUT2D eigenvalue weighted by atomic mass is 10.2. The van der Waals surface area contributed by atoms with E-state index in [4.69, 9.17) is 0 Å². The number of benzene rings is 1. The molecule has 22 heavy (non-hydrogen) atoms. The van der Waals surface area contributed by atoms with Gasteiger partial charge in [-0.3, -0.25) is 9.48 Å². The molecule has 3 nitrogen and oxygen atoms in total. The fourth-order valence-electron chi connectivity index (χ4n) is 1.87. The van der Waals surface area contributed by atoms with E-state index in [-0.39, 0.29) is 23.3 Å². The fraction of sp³-hybridized carbons (Fsp3) is 0.333. The summed E-state index contributed by atoms with van der Waals surface area (Å²) in [5, 5.41) is 3.52. The van der Waals surface area contributed by atoms with Crippen LogP contribution in [0.25, 0.3) is 0 Å². The number of halogens is 3. The number of hydrogen-bond donors (Lipinski definition) is 0. The normalized spacial score (nSPS) is 11.9. The highest BCUT2D eigenvalue weighted by Crippen LogP contribution is 2.30. The minimum atomic E-state index is -4.55. The van der Waals surface area contributed by atoms with Crippen LogP contribution in [-0.4, -0.2) is 21.3 Å². The third-order valence-electron chi connectivity index (χ3n) is 2.91. The van der Waals surface area contributed by atoms with Crippen molar-refractivity contribution >= 4 is 17.5 Å². The second-order valence-electron chi connectivity index (χ2n) is 4.98. The lowest BCUT2D eigenvalue weighted by Gasteiger charge is -2.10. The van der Waals surface area contributed by atoms with Crippen LogP contribution < -0.4 is 0 Å². The maximum Gasteiger partial charge on any atom is 0.435 e. The van der Waals surface area contributed by atoms with Gasteiger partial charge in [0.1, 0.15) is 5.69 Å². The first-order chi connectivity index (χ1) is 10.3. The maximum absolute atomic E-state index is 12.8. The minimum absolute atomic E-state index is 0.00856. The van der Waals surface area contributed by atoms with Crippen molar-refractivity contribution in [1.29, 1.82) is 0 Å². The molecule has 0 aliphatic rings. The van der Waals surface area contributed by atoms with Crippen LogP contribution in [0.2, 0.25) is 0 Å². The van der Waals surface area contributed by atoms with Crippen LogP contribution in [0.5, 0.6) is 0 Å². The van der Waals surface area contributed by atoms with E-state index in [2.05, 4.69) is 5.10 Å². The van der Waals surface area contributed by atoms with Gasteiger partial charge >= 0.3 is 6.18 Å². The van der Waals surface area contributed by atoms with Crippen LogP contribution in [0, 0.1) is 0 Å². The summed E-state index contributed by atoms with van der Waals surface area (Å²) in [5.41, 5.74) is -1.04. The molecule has 1 heterocycles. The average Bonchev–Trinajstić information content (AvgIpc) is 2.91. The Kier molecular flexibility index (Phi) is 4.95. The number of ketones is 1. The monoisotopic (exact) mass is 328 g/mol. The Balaban J connectivity index is 2.19. The third kappa shape index (κ3) is 3.91. The predicted molar refractivity (Wildman–Crippen MR) is 79.1 cm³/mol. The van der Waals surface area contributed by atoms with Gasteiger partial charge in [0.2, 0.25) is 0 Å². The summed E-state index contributed by atoms with van der Waals surface area (Å²) < 4.78 is 39.4. The molecule has 0 amide bonds. The van der Waals surface area contributed by atoms with Crippen LogP contribution in [-0.2, 0) is 6.18 Å². The number of aromatic nitrogens is 2. The Labute approximate surface area is 130 Å². The Morgan fingerprint density at radius 2 is 1.91 bits per heavy atom. The second-order valence-corrected chi connectivity index (χ2v) is 6.02. The zero-order chi connectivity index (χ0) is 16.3. The van der Waals surface area contributed by atoms with Crippen molar-refractivity contribution in [2.45, 2.75) is 31.0 Å². The summed E-state index contributed by atoms with van der Waals surface area (Å²) in [6.45, 7) is 3.38. The molecule has 0 saturated heterocycles. The molecule has 0 atom stereocenters. The molecule has 0 aliphatic carbocycles. The SMILES string of the molecule is CC(C)n1nc(C(F)(F)F)cc1C(=O)CSc1ccccc1. The van der Waals surface area contributed by atoms with Gasteiger partial charge in [-0.1, -0.05) is 18.2 Å². The molecular formula is C15H15F3N2OS. The van der Waals surface area contributed by atoms with Crippen molar-refractivity contribution in [2.75, 3.05) is 5.75 Å². The van der Waals surface area contributed by atoms with Crippen LogP contribution >= 0.6 is 11.8 Å². The second kappa shape index (κ2) is 6.56. The van der Waals surface area contributed by atoms with Gasteiger partial charge in [-0.15, -0.1) is 11.8 Å². The summed E-state index contributed by atoms with van der Waals surface area (Å²) >= 11 is 1.29. The topological polar surface area (TPSA) is 34.9 Å². The lowest BCUT2D eigenvalue weighted by Crippen LogP contribution is -2.14. The zero-order valence-corrected chi connectivity index (χ0v) is 12.9. The number of carbonyl (C=O) groups excluding carboxylic acids is 1. The lowest BCUT2D eigenvalue weighted by molar-refractivity contribution is -0.141. The van der Waals surface area contributed by atoms with Crippen molar-refractivity contribution < 1.29 is 18.0 Å². The van der Waals surface area contributed by atoms with E-state index in [1.54, 1.807) is 13.8 Å². The molecule has 0 unspecified atom stereocenters. The van der Waals surface area contributed by atoms with Crippen molar-refractivity contribution in [3.63, 3.8) is 0 Å². The van der Waals surface area contributed by atoms with Gasteiger partial charge in [0.25, 0.3) is 0 Å². The van der Waals surface area contributed by atoms with E-state index in [0.29, 0.717) is 0 Å². The number of hydrogen-bond acceptors (Lipinski definition) is 3. The molecule has 118 valence electrons. The third-order valence-corrected chi connectivity index (χ3v) is 3.93. The standard InChI is InChI=1S/C15H15F3N2OS/c1-10(2)20-12(8-14(19-20)15(16,17)18)13(21)9-22-11-6-4-3-5-7-11/h3-8,10H,9H2,1-2H3. The van der Waals surface area contributed by atoms with E-state index in [1.807, 2.05) is 30.3 Å². The van der Waals surface area contributed by atoms with Gasteiger partial charge in [0.15, 0.2) is 11.5 Å². The molecule has 0 saturated carbocycles. The smallest absolute Gasteiger partial charge is 0.292 e. The minimum Gasteiger partial charge on any atom is -0.292 e. The van der Waals surface area contributed by atoms with Crippen LogP contribution in [0.3, 0.4) is 0 Å². The summed E-state index contributed by atoms with van der Waals surface area (Å²) in [6, 6.07) is 9.73. The summed E-state index contributed by atoms with van der Waals surface area (Å²) in [4.78, 5) is 13.1. The molecule has 2 aromatic rings. The summed E-state index contributed by atoms with van der Waals surface area (Å²) in [5.74, 6) is -0.301. The number of carbonyl (C=O) groups is 1. The molecule has 0 N–H and O–H groups in total. The quantitative estimate of drug-likeness (QED) is 0.600.